The highest BCUT2D eigenvalue weighted by molar-refractivity contribution is 6.13. The van der Waals surface area contributed by atoms with E-state index < -0.39 is 6.03 Å². The van der Waals surface area contributed by atoms with Crippen LogP contribution in [0, 0.1) is 27.7 Å². The molecule has 0 bridgehead atoms. The summed E-state index contributed by atoms with van der Waals surface area (Å²) in [6.07, 6.45) is 1.75. The van der Waals surface area contributed by atoms with Gasteiger partial charge in [0, 0.05) is 18.4 Å². The van der Waals surface area contributed by atoms with Gasteiger partial charge in [-0.25, -0.2) is 4.79 Å². The van der Waals surface area contributed by atoms with Crippen LogP contribution in [0.4, 0.5) is 4.79 Å². The van der Waals surface area contributed by atoms with E-state index in [-0.39, 0.29) is 5.91 Å². The van der Waals surface area contributed by atoms with Crippen LogP contribution >= 0.6 is 0 Å². The Bertz CT molecular complexity index is 870. The summed E-state index contributed by atoms with van der Waals surface area (Å²) in [6, 6.07) is 7.87. The molecule has 24 heavy (non-hydrogen) atoms. The first kappa shape index (κ1) is 16.1. The molecule has 1 fully saturated rings. The molecule has 0 radical (unpaired) electrons. The third-order valence-electron chi connectivity index (χ3n) is 4.51. The van der Waals surface area contributed by atoms with Crippen LogP contribution in [-0.2, 0) is 4.79 Å². The van der Waals surface area contributed by atoms with Crippen LogP contribution in [0.25, 0.3) is 11.8 Å². The second kappa shape index (κ2) is 5.67. The number of imide groups is 1. The summed E-state index contributed by atoms with van der Waals surface area (Å²) < 4.78 is 2.20. The molecule has 0 unspecified atom stereocenters. The first-order chi connectivity index (χ1) is 11.3. The van der Waals surface area contributed by atoms with E-state index in [0.29, 0.717) is 5.70 Å². The summed E-state index contributed by atoms with van der Waals surface area (Å²) in [6.45, 7) is 8.25. The van der Waals surface area contributed by atoms with E-state index in [4.69, 9.17) is 0 Å². The Hall–Kier alpha value is -2.82. The van der Waals surface area contributed by atoms with Crippen LogP contribution < -0.4 is 5.32 Å². The number of benzene rings is 1. The van der Waals surface area contributed by atoms with Crippen LogP contribution in [0.5, 0.6) is 0 Å². The van der Waals surface area contributed by atoms with Gasteiger partial charge in [0.25, 0.3) is 5.91 Å². The van der Waals surface area contributed by atoms with Crippen molar-refractivity contribution in [1.82, 2.24) is 14.8 Å². The maximum atomic E-state index is 12.1. The zero-order valence-corrected chi connectivity index (χ0v) is 14.6. The average molecular weight is 323 g/mol. The molecule has 3 rings (SSSR count). The lowest BCUT2D eigenvalue weighted by Crippen LogP contribution is -2.25. The third kappa shape index (κ3) is 2.42. The number of carbonyl (C=O) groups excluding carboxylic acids is 2. The van der Waals surface area contributed by atoms with Gasteiger partial charge in [-0.1, -0.05) is 18.2 Å². The van der Waals surface area contributed by atoms with Crippen molar-refractivity contribution < 1.29 is 9.59 Å². The fourth-order valence-corrected chi connectivity index (χ4v) is 3.21. The minimum absolute atomic E-state index is 0.308. The average Bonchev–Trinajstić information content (AvgIpc) is 2.92. The maximum Gasteiger partial charge on any atom is 0.328 e. The van der Waals surface area contributed by atoms with Crippen LogP contribution in [0.3, 0.4) is 0 Å². The summed E-state index contributed by atoms with van der Waals surface area (Å²) in [5.41, 5.74) is 6.91. The van der Waals surface area contributed by atoms with Gasteiger partial charge in [0.2, 0.25) is 0 Å². The minimum atomic E-state index is -0.394. The van der Waals surface area contributed by atoms with E-state index in [1.807, 2.05) is 26.0 Å². The molecule has 1 saturated heterocycles. The van der Waals surface area contributed by atoms with E-state index in [1.165, 1.54) is 18.2 Å². The molecular weight excluding hydrogens is 302 g/mol. The SMILES string of the molecule is Cc1cccc(C)c1-n1c(C)cc(/C=C2/NC(=O)N(C)C2=O)c1C. The van der Waals surface area contributed by atoms with Crippen molar-refractivity contribution in [1.29, 1.82) is 0 Å². The van der Waals surface area contributed by atoms with Gasteiger partial charge in [0.15, 0.2) is 0 Å². The van der Waals surface area contributed by atoms with Crippen molar-refractivity contribution in [3.05, 3.63) is 58.0 Å². The number of para-hydroxylation sites is 1. The molecule has 0 saturated carbocycles. The fourth-order valence-electron chi connectivity index (χ4n) is 3.21. The Morgan fingerprint density at radius 2 is 1.67 bits per heavy atom. The van der Waals surface area contributed by atoms with Crippen molar-refractivity contribution in [2.24, 2.45) is 0 Å². The largest absolute Gasteiger partial charge is 0.328 e. The van der Waals surface area contributed by atoms with Gasteiger partial charge in [-0.2, -0.15) is 0 Å². The number of aryl methyl sites for hydroxylation is 3. The molecule has 0 atom stereocenters. The molecule has 1 aliphatic rings. The second-order valence-electron chi connectivity index (χ2n) is 6.25. The number of hydrogen-bond donors (Lipinski definition) is 1. The van der Waals surface area contributed by atoms with Crippen molar-refractivity contribution >= 4 is 18.0 Å². The topological polar surface area (TPSA) is 54.3 Å². The monoisotopic (exact) mass is 323 g/mol. The highest BCUT2D eigenvalue weighted by atomic mass is 16.2. The number of carbonyl (C=O) groups is 2. The molecule has 0 spiro atoms. The van der Waals surface area contributed by atoms with Crippen molar-refractivity contribution in [2.75, 3.05) is 7.05 Å². The number of nitrogens with one attached hydrogen (secondary N) is 1. The van der Waals surface area contributed by atoms with Gasteiger partial charge in [-0.3, -0.25) is 9.69 Å². The lowest BCUT2D eigenvalue weighted by Gasteiger charge is -2.15. The number of urea groups is 1. The Morgan fingerprint density at radius 1 is 1.04 bits per heavy atom. The zero-order valence-electron chi connectivity index (χ0n) is 14.6. The zero-order chi connectivity index (χ0) is 17.6. The van der Waals surface area contributed by atoms with Crippen molar-refractivity contribution in [3.63, 3.8) is 0 Å². The quantitative estimate of drug-likeness (QED) is 0.681. The van der Waals surface area contributed by atoms with E-state index >= 15 is 0 Å². The highest BCUT2D eigenvalue weighted by Gasteiger charge is 2.30. The normalized spacial score (nSPS) is 16.2. The summed E-state index contributed by atoms with van der Waals surface area (Å²) >= 11 is 0. The van der Waals surface area contributed by atoms with E-state index in [1.54, 1.807) is 6.08 Å². The van der Waals surface area contributed by atoms with Crippen LogP contribution in [-0.4, -0.2) is 28.5 Å². The molecule has 5 heteroatoms. The molecule has 0 aliphatic carbocycles. The summed E-state index contributed by atoms with van der Waals surface area (Å²) in [4.78, 5) is 24.7. The smallest absolute Gasteiger partial charge is 0.317 e. The van der Waals surface area contributed by atoms with Crippen LogP contribution in [0.2, 0.25) is 0 Å². The molecular formula is C19H21N3O2. The lowest BCUT2D eigenvalue weighted by molar-refractivity contribution is -0.121. The number of nitrogens with zero attached hydrogens (tertiary/aromatic N) is 2. The Morgan fingerprint density at radius 3 is 2.21 bits per heavy atom. The van der Waals surface area contributed by atoms with Gasteiger partial charge < -0.3 is 9.88 Å². The van der Waals surface area contributed by atoms with Gasteiger partial charge >= 0.3 is 6.03 Å². The van der Waals surface area contributed by atoms with E-state index in [9.17, 15) is 9.59 Å². The van der Waals surface area contributed by atoms with Crippen LogP contribution in [0.15, 0.2) is 30.0 Å². The number of rotatable bonds is 2. The third-order valence-corrected chi connectivity index (χ3v) is 4.51. The van der Waals surface area contributed by atoms with Crippen LogP contribution in [0.1, 0.15) is 28.1 Å². The predicted molar refractivity (Wildman–Crippen MR) is 94.0 cm³/mol. The predicted octanol–water partition coefficient (Wildman–Crippen LogP) is 3.23. The highest BCUT2D eigenvalue weighted by Crippen LogP contribution is 2.27. The fraction of sp³-hybridized carbons (Fsp3) is 0.263. The molecule has 124 valence electrons. The van der Waals surface area contributed by atoms with Gasteiger partial charge in [-0.15, -0.1) is 0 Å². The molecule has 2 heterocycles. The molecule has 2 aromatic rings. The first-order valence-corrected chi connectivity index (χ1v) is 7.87. The molecule has 1 aromatic heterocycles. The van der Waals surface area contributed by atoms with E-state index in [2.05, 4.69) is 35.9 Å². The number of amides is 3. The Balaban J connectivity index is 2.12. The summed E-state index contributed by atoms with van der Waals surface area (Å²) in [7, 11) is 1.47. The maximum absolute atomic E-state index is 12.1. The van der Waals surface area contributed by atoms with Gasteiger partial charge in [0.05, 0.1) is 5.69 Å². The Kier molecular flexibility index (Phi) is 3.79. The first-order valence-electron chi connectivity index (χ1n) is 7.87. The molecule has 1 aromatic carbocycles. The lowest BCUT2D eigenvalue weighted by atomic mass is 10.1. The second-order valence-corrected chi connectivity index (χ2v) is 6.25. The number of aromatic nitrogens is 1. The summed E-state index contributed by atoms with van der Waals surface area (Å²) in [5, 5.41) is 2.61. The van der Waals surface area contributed by atoms with Gasteiger partial charge in [-0.05, 0) is 56.5 Å². The molecule has 1 aliphatic heterocycles. The van der Waals surface area contributed by atoms with Crippen molar-refractivity contribution in [2.45, 2.75) is 27.7 Å². The summed E-state index contributed by atoms with van der Waals surface area (Å²) in [5.74, 6) is -0.308. The number of hydrogen-bond acceptors (Lipinski definition) is 2. The standard InChI is InChI=1S/C19H21N3O2/c1-11-7-6-8-12(2)17(11)22-13(3)9-15(14(22)4)10-16-18(23)21(5)19(24)20-16/h6-10H,1-5H3,(H,20,24)/b16-10+. The number of likely N-dealkylation sites (N-methyl/N-ethyl adjacent to an activating group) is 1. The van der Waals surface area contributed by atoms with Gasteiger partial charge in [0.1, 0.15) is 5.70 Å². The minimum Gasteiger partial charge on any atom is -0.317 e. The molecule has 3 amide bonds. The van der Waals surface area contributed by atoms with E-state index in [0.717, 1.165) is 27.5 Å². The molecule has 5 nitrogen and oxygen atoms in total. The molecule has 1 N–H and O–H groups in total. The van der Waals surface area contributed by atoms with Crippen molar-refractivity contribution in [3.8, 4) is 5.69 Å². The Labute approximate surface area is 141 Å².